The molecule has 0 unspecified atom stereocenters. The van der Waals surface area contributed by atoms with Crippen molar-refractivity contribution in [2.75, 3.05) is 0 Å². The minimum absolute atomic E-state index is 0.183. The lowest BCUT2D eigenvalue weighted by molar-refractivity contribution is 0.814. The minimum Gasteiger partial charge on any atom is -0.301 e. The lowest BCUT2D eigenvalue weighted by Crippen LogP contribution is -2.10. The van der Waals surface area contributed by atoms with Crippen LogP contribution in [-0.2, 0) is 6.42 Å². The maximum absolute atomic E-state index is 11.6. The predicted molar refractivity (Wildman–Crippen MR) is 76.7 cm³/mol. The van der Waals surface area contributed by atoms with E-state index < -0.39 is 0 Å². The molecule has 2 aromatic rings. The molecule has 0 bridgehead atoms. The number of nitrogens with zero attached hydrogens (tertiary/aromatic N) is 3. The molecule has 5 nitrogen and oxygen atoms in total. The van der Waals surface area contributed by atoms with Crippen LogP contribution in [0, 0.1) is 18.3 Å². The van der Waals surface area contributed by atoms with Gasteiger partial charge in [0.15, 0.2) is 5.16 Å². The van der Waals surface area contributed by atoms with Crippen molar-refractivity contribution in [2.45, 2.75) is 36.9 Å². The van der Waals surface area contributed by atoms with Gasteiger partial charge in [0, 0.05) is 17.5 Å². The SMILES string of the molecule is CCCc1cc(=O)[nH]c(Sc2nc(C)ccc2C#N)n1. The Hall–Kier alpha value is -2.13. The lowest BCUT2D eigenvalue weighted by Gasteiger charge is -2.05. The molecule has 0 aromatic carbocycles. The first-order chi connectivity index (χ1) is 9.62. The van der Waals surface area contributed by atoms with E-state index in [1.54, 1.807) is 12.1 Å². The van der Waals surface area contributed by atoms with Crippen molar-refractivity contribution in [2.24, 2.45) is 0 Å². The fraction of sp³-hybridized carbons (Fsp3) is 0.286. The van der Waals surface area contributed by atoms with Crippen LogP contribution in [0.5, 0.6) is 0 Å². The Morgan fingerprint density at radius 1 is 1.40 bits per heavy atom. The topological polar surface area (TPSA) is 82.4 Å². The van der Waals surface area contributed by atoms with Crippen LogP contribution in [0.15, 0.2) is 33.2 Å². The Kier molecular flexibility index (Phi) is 4.53. The van der Waals surface area contributed by atoms with Crippen LogP contribution in [0.1, 0.15) is 30.3 Å². The zero-order valence-corrected chi connectivity index (χ0v) is 12.1. The molecule has 2 heterocycles. The molecule has 0 aliphatic rings. The van der Waals surface area contributed by atoms with Gasteiger partial charge in [0.1, 0.15) is 11.1 Å². The summed E-state index contributed by atoms with van der Waals surface area (Å²) in [7, 11) is 0. The molecule has 102 valence electrons. The van der Waals surface area contributed by atoms with Crippen molar-refractivity contribution in [3.8, 4) is 6.07 Å². The van der Waals surface area contributed by atoms with Crippen LogP contribution >= 0.6 is 11.8 Å². The molecule has 20 heavy (non-hydrogen) atoms. The molecular weight excluding hydrogens is 272 g/mol. The smallest absolute Gasteiger partial charge is 0.251 e. The fourth-order valence-corrected chi connectivity index (χ4v) is 2.61. The largest absolute Gasteiger partial charge is 0.301 e. The quantitative estimate of drug-likeness (QED) is 0.873. The Bertz CT molecular complexity index is 718. The second kappa shape index (κ2) is 6.35. The van der Waals surface area contributed by atoms with Gasteiger partial charge in [0.05, 0.1) is 5.56 Å². The zero-order chi connectivity index (χ0) is 14.5. The highest BCUT2D eigenvalue weighted by molar-refractivity contribution is 7.99. The van der Waals surface area contributed by atoms with Crippen molar-refractivity contribution in [1.82, 2.24) is 15.0 Å². The number of aromatic amines is 1. The van der Waals surface area contributed by atoms with E-state index in [4.69, 9.17) is 5.26 Å². The molecule has 0 aliphatic heterocycles. The number of rotatable bonds is 4. The van der Waals surface area contributed by atoms with E-state index in [2.05, 4.69) is 21.0 Å². The van der Waals surface area contributed by atoms with Gasteiger partial charge in [-0.1, -0.05) is 13.3 Å². The van der Waals surface area contributed by atoms with Gasteiger partial charge in [-0.3, -0.25) is 4.79 Å². The highest BCUT2D eigenvalue weighted by Gasteiger charge is 2.09. The summed E-state index contributed by atoms with van der Waals surface area (Å²) in [5.74, 6) is 0. The van der Waals surface area contributed by atoms with Crippen LogP contribution in [0.3, 0.4) is 0 Å². The second-order valence-corrected chi connectivity index (χ2v) is 5.29. The molecule has 0 atom stereocenters. The van der Waals surface area contributed by atoms with Gasteiger partial charge in [-0.05, 0) is 37.2 Å². The standard InChI is InChI=1S/C14H14N4OS/c1-3-4-11-7-12(19)18-14(17-11)20-13-10(8-15)6-5-9(2)16-13/h5-7H,3-4H2,1-2H3,(H,17,18,19). The van der Waals surface area contributed by atoms with E-state index >= 15 is 0 Å². The van der Waals surface area contributed by atoms with Gasteiger partial charge in [-0.15, -0.1) is 0 Å². The Labute approximate surface area is 121 Å². The maximum atomic E-state index is 11.6. The first kappa shape index (κ1) is 14.3. The third-order valence-corrected chi connectivity index (χ3v) is 3.48. The fourth-order valence-electron chi connectivity index (χ4n) is 1.70. The molecule has 2 rings (SSSR count). The van der Waals surface area contributed by atoms with E-state index in [9.17, 15) is 4.79 Å². The van der Waals surface area contributed by atoms with Crippen molar-refractivity contribution < 1.29 is 0 Å². The molecule has 2 aromatic heterocycles. The van der Waals surface area contributed by atoms with E-state index in [0.717, 1.165) is 24.2 Å². The van der Waals surface area contributed by atoms with Crippen LogP contribution in [0.2, 0.25) is 0 Å². The Morgan fingerprint density at radius 2 is 2.20 bits per heavy atom. The van der Waals surface area contributed by atoms with Gasteiger partial charge in [0.2, 0.25) is 0 Å². The normalized spacial score (nSPS) is 10.2. The summed E-state index contributed by atoms with van der Waals surface area (Å²) in [5.41, 5.74) is 1.87. The molecular formula is C14H14N4OS. The highest BCUT2D eigenvalue weighted by atomic mass is 32.2. The Morgan fingerprint density at radius 3 is 2.90 bits per heavy atom. The van der Waals surface area contributed by atoms with Crippen molar-refractivity contribution in [3.63, 3.8) is 0 Å². The van der Waals surface area contributed by atoms with Crippen LogP contribution < -0.4 is 5.56 Å². The lowest BCUT2D eigenvalue weighted by atomic mass is 10.2. The monoisotopic (exact) mass is 286 g/mol. The average Bonchev–Trinajstić information content (AvgIpc) is 2.38. The van der Waals surface area contributed by atoms with Crippen molar-refractivity contribution in [1.29, 1.82) is 5.26 Å². The summed E-state index contributed by atoms with van der Waals surface area (Å²) in [4.78, 5) is 23.0. The number of hydrogen-bond donors (Lipinski definition) is 1. The zero-order valence-electron chi connectivity index (χ0n) is 11.3. The van der Waals surface area contributed by atoms with Gasteiger partial charge in [-0.25, -0.2) is 9.97 Å². The number of pyridine rings is 1. The number of aryl methyl sites for hydroxylation is 2. The second-order valence-electron chi connectivity index (χ2n) is 4.31. The molecule has 0 saturated heterocycles. The minimum atomic E-state index is -0.183. The third kappa shape index (κ3) is 3.45. The molecule has 0 spiro atoms. The molecule has 0 radical (unpaired) electrons. The van der Waals surface area contributed by atoms with Crippen LogP contribution in [0.4, 0.5) is 0 Å². The van der Waals surface area contributed by atoms with Crippen LogP contribution in [0.25, 0.3) is 0 Å². The van der Waals surface area contributed by atoms with Crippen LogP contribution in [-0.4, -0.2) is 15.0 Å². The van der Waals surface area contributed by atoms with E-state index in [1.807, 2.05) is 13.8 Å². The summed E-state index contributed by atoms with van der Waals surface area (Å²) in [6.45, 7) is 3.89. The highest BCUT2D eigenvalue weighted by Crippen LogP contribution is 2.25. The van der Waals surface area contributed by atoms with E-state index in [0.29, 0.717) is 15.7 Å². The number of nitrogens with one attached hydrogen (secondary N) is 1. The molecule has 0 saturated carbocycles. The first-order valence-electron chi connectivity index (χ1n) is 6.28. The van der Waals surface area contributed by atoms with Gasteiger partial charge in [0.25, 0.3) is 5.56 Å². The number of hydrogen-bond acceptors (Lipinski definition) is 5. The average molecular weight is 286 g/mol. The van der Waals surface area contributed by atoms with E-state index in [1.165, 1.54) is 17.8 Å². The molecule has 1 N–H and O–H groups in total. The number of nitriles is 1. The number of aromatic nitrogens is 3. The maximum Gasteiger partial charge on any atom is 0.251 e. The van der Waals surface area contributed by atoms with Gasteiger partial charge >= 0.3 is 0 Å². The first-order valence-corrected chi connectivity index (χ1v) is 7.10. The summed E-state index contributed by atoms with van der Waals surface area (Å²) >= 11 is 1.21. The van der Waals surface area contributed by atoms with Crippen molar-refractivity contribution >= 4 is 11.8 Å². The summed E-state index contributed by atoms with van der Waals surface area (Å²) < 4.78 is 0. The molecule has 0 amide bonds. The number of H-pyrrole nitrogens is 1. The molecule has 0 fully saturated rings. The van der Waals surface area contributed by atoms with Crippen molar-refractivity contribution in [3.05, 3.63) is 45.5 Å². The van der Waals surface area contributed by atoms with E-state index in [-0.39, 0.29) is 5.56 Å². The summed E-state index contributed by atoms with van der Waals surface area (Å²) in [5, 5.41) is 10.1. The molecule has 6 heteroatoms. The van der Waals surface area contributed by atoms with Gasteiger partial charge < -0.3 is 4.98 Å². The Balaban J connectivity index is 2.37. The third-order valence-electron chi connectivity index (χ3n) is 2.59. The van der Waals surface area contributed by atoms with Gasteiger partial charge in [-0.2, -0.15) is 5.26 Å². The predicted octanol–water partition coefficient (Wildman–Crippen LogP) is 2.45. The molecule has 0 aliphatic carbocycles. The summed E-state index contributed by atoms with van der Waals surface area (Å²) in [6, 6.07) is 7.10. The summed E-state index contributed by atoms with van der Waals surface area (Å²) in [6.07, 6.45) is 1.68.